The van der Waals surface area contributed by atoms with Gasteiger partial charge in [-0.25, -0.2) is 4.99 Å². The van der Waals surface area contributed by atoms with Crippen LogP contribution in [0.5, 0.6) is 11.5 Å². The molecule has 7 nitrogen and oxygen atoms in total. The van der Waals surface area contributed by atoms with E-state index in [4.69, 9.17) is 21.3 Å². The molecule has 0 saturated carbocycles. The molecule has 2 amide bonds. The number of amides is 2. The molecule has 0 spiro atoms. The second-order valence-corrected chi connectivity index (χ2v) is 10.2. The fourth-order valence-electron chi connectivity index (χ4n) is 3.66. The van der Waals surface area contributed by atoms with Gasteiger partial charge >= 0.3 is 0 Å². The van der Waals surface area contributed by atoms with Crippen LogP contribution < -0.4 is 15.4 Å². The van der Waals surface area contributed by atoms with E-state index in [1.807, 2.05) is 45.0 Å². The molecular formula is C28H26ClN3O4S. The van der Waals surface area contributed by atoms with Crippen molar-refractivity contribution in [3.8, 4) is 11.5 Å². The van der Waals surface area contributed by atoms with Crippen molar-refractivity contribution in [2.24, 2.45) is 4.99 Å². The summed E-state index contributed by atoms with van der Waals surface area (Å²) < 4.78 is 5.79. The zero-order valence-electron chi connectivity index (χ0n) is 20.5. The Balaban J connectivity index is 1.56. The second-order valence-electron chi connectivity index (χ2n) is 8.72. The number of nitrogens with one attached hydrogen (secondary N) is 2. The number of rotatable bonds is 7. The van der Waals surface area contributed by atoms with E-state index in [2.05, 4.69) is 10.6 Å². The fourth-order valence-corrected chi connectivity index (χ4v) is 4.51. The van der Waals surface area contributed by atoms with Crippen molar-refractivity contribution >= 4 is 57.8 Å². The first kappa shape index (κ1) is 26.3. The van der Waals surface area contributed by atoms with E-state index in [0.29, 0.717) is 38.5 Å². The van der Waals surface area contributed by atoms with Crippen LogP contribution in [-0.4, -0.2) is 28.7 Å². The Morgan fingerprint density at radius 3 is 2.65 bits per heavy atom. The number of halogens is 1. The van der Waals surface area contributed by atoms with Crippen LogP contribution in [0.25, 0.3) is 6.08 Å². The average molecular weight is 536 g/mol. The summed E-state index contributed by atoms with van der Waals surface area (Å²) in [6, 6.07) is 17.6. The quantitative estimate of drug-likeness (QED) is 0.302. The van der Waals surface area contributed by atoms with Crippen LogP contribution in [0, 0.1) is 6.92 Å². The highest BCUT2D eigenvalue weighted by molar-refractivity contribution is 8.18. The Morgan fingerprint density at radius 1 is 1.19 bits per heavy atom. The van der Waals surface area contributed by atoms with E-state index in [1.165, 1.54) is 0 Å². The van der Waals surface area contributed by atoms with Crippen LogP contribution in [0.4, 0.5) is 16.2 Å². The van der Waals surface area contributed by atoms with Gasteiger partial charge < -0.3 is 20.5 Å². The number of phenols is 1. The lowest BCUT2D eigenvalue weighted by molar-refractivity contribution is -0.118. The number of phenolic OH excluding ortho intramolecular Hbond substituents is 1. The molecule has 1 aliphatic heterocycles. The monoisotopic (exact) mass is 535 g/mol. The summed E-state index contributed by atoms with van der Waals surface area (Å²) in [5, 5.41) is 16.2. The lowest BCUT2D eigenvalue weighted by Crippen LogP contribution is -2.20. The standard InChI is InChI=1S/C28H26ClN3O4S/c1-16(2)21-14-22(17(3)12-23(21)33)31-27-25(37-28(35)32-27)13-18-6-4-5-7-24(18)36-15-26(34)30-20-10-8-19(29)9-11-20/h4-14,16,33H,15H2,1-3H3,(H,30,34)(H,31,32,35)/b25-13-. The SMILES string of the molecule is Cc1cc(O)c(C(C)C)cc1N=C1NC(=O)S/C1=C\c1ccccc1OCC(=O)Nc1ccc(Cl)cc1. The molecule has 3 aromatic carbocycles. The van der Waals surface area contributed by atoms with Gasteiger partial charge in [0.2, 0.25) is 0 Å². The van der Waals surface area contributed by atoms with Gasteiger partial charge in [0, 0.05) is 16.3 Å². The second kappa shape index (κ2) is 11.5. The first-order chi connectivity index (χ1) is 17.7. The molecule has 0 radical (unpaired) electrons. The molecular weight excluding hydrogens is 510 g/mol. The summed E-state index contributed by atoms with van der Waals surface area (Å²) in [4.78, 5) is 29.9. The highest BCUT2D eigenvalue weighted by atomic mass is 35.5. The van der Waals surface area contributed by atoms with Crippen LogP contribution in [0.1, 0.15) is 36.5 Å². The average Bonchev–Trinajstić information content (AvgIpc) is 3.19. The highest BCUT2D eigenvalue weighted by Crippen LogP contribution is 2.35. The summed E-state index contributed by atoms with van der Waals surface area (Å²) >= 11 is 6.91. The molecule has 37 heavy (non-hydrogen) atoms. The predicted molar refractivity (Wildman–Crippen MR) is 150 cm³/mol. The van der Waals surface area contributed by atoms with Gasteiger partial charge in [0.1, 0.15) is 17.3 Å². The zero-order chi connectivity index (χ0) is 26.5. The number of carbonyl (C=O) groups excluding carboxylic acids is 2. The van der Waals surface area contributed by atoms with Crippen LogP contribution in [0.15, 0.2) is 70.6 Å². The van der Waals surface area contributed by atoms with E-state index >= 15 is 0 Å². The summed E-state index contributed by atoms with van der Waals surface area (Å²) in [5.74, 6) is 0.923. The molecule has 1 fully saturated rings. The van der Waals surface area contributed by atoms with Gasteiger partial charge in [-0.15, -0.1) is 0 Å². The Morgan fingerprint density at radius 2 is 1.92 bits per heavy atom. The van der Waals surface area contributed by atoms with E-state index < -0.39 is 0 Å². The maximum Gasteiger partial charge on any atom is 0.289 e. The molecule has 0 aliphatic carbocycles. The third-order valence-corrected chi connectivity index (χ3v) is 6.62. The minimum atomic E-state index is -0.317. The molecule has 1 saturated heterocycles. The van der Waals surface area contributed by atoms with E-state index in [-0.39, 0.29) is 29.4 Å². The number of aliphatic imine (C=N–C) groups is 1. The maximum atomic E-state index is 12.4. The number of hydrogen-bond donors (Lipinski definition) is 3. The van der Waals surface area contributed by atoms with Crippen molar-refractivity contribution in [1.82, 2.24) is 5.32 Å². The van der Waals surface area contributed by atoms with Gasteiger partial charge in [-0.1, -0.05) is 43.6 Å². The van der Waals surface area contributed by atoms with Gasteiger partial charge in [-0.05, 0) is 84.3 Å². The summed E-state index contributed by atoms with van der Waals surface area (Å²) in [5.41, 5.74) is 3.54. The van der Waals surface area contributed by atoms with Crippen LogP contribution in [0.3, 0.4) is 0 Å². The minimum Gasteiger partial charge on any atom is -0.508 e. The highest BCUT2D eigenvalue weighted by Gasteiger charge is 2.24. The van der Waals surface area contributed by atoms with Crippen LogP contribution in [-0.2, 0) is 4.79 Å². The number of nitrogens with zero attached hydrogens (tertiary/aromatic N) is 1. The molecule has 9 heteroatoms. The van der Waals surface area contributed by atoms with Crippen LogP contribution >= 0.6 is 23.4 Å². The van der Waals surface area contributed by atoms with Crippen molar-refractivity contribution in [2.75, 3.05) is 11.9 Å². The fraction of sp³-hybridized carbons (Fsp3) is 0.179. The molecule has 0 bridgehead atoms. The Labute approximate surface area is 224 Å². The normalized spacial score (nSPS) is 15.3. The predicted octanol–water partition coefficient (Wildman–Crippen LogP) is 7.02. The number of carbonyl (C=O) groups is 2. The van der Waals surface area contributed by atoms with Crippen molar-refractivity contribution < 1.29 is 19.4 Å². The topological polar surface area (TPSA) is 100 Å². The Hall–Kier alpha value is -3.75. The van der Waals surface area contributed by atoms with E-state index in [1.54, 1.807) is 42.5 Å². The number of anilines is 1. The number of ether oxygens (including phenoxy) is 1. The summed E-state index contributed by atoms with van der Waals surface area (Å²) in [7, 11) is 0. The largest absolute Gasteiger partial charge is 0.508 e. The van der Waals surface area contributed by atoms with Gasteiger partial charge in [0.05, 0.1) is 10.6 Å². The Kier molecular flexibility index (Phi) is 8.21. The lowest BCUT2D eigenvalue weighted by Gasteiger charge is -2.12. The van der Waals surface area contributed by atoms with Gasteiger partial charge in [0.15, 0.2) is 6.61 Å². The number of aromatic hydroxyl groups is 1. The minimum absolute atomic E-state index is 0.114. The third-order valence-electron chi connectivity index (χ3n) is 5.55. The van der Waals surface area contributed by atoms with E-state index in [9.17, 15) is 14.7 Å². The lowest BCUT2D eigenvalue weighted by atomic mass is 9.99. The molecule has 3 aromatic rings. The number of amidine groups is 1. The van der Waals surface area contributed by atoms with E-state index in [0.717, 1.165) is 22.9 Å². The van der Waals surface area contributed by atoms with Gasteiger partial charge in [-0.3, -0.25) is 9.59 Å². The smallest absolute Gasteiger partial charge is 0.289 e. The molecule has 3 N–H and O–H groups in total. The summed E-state index contributed by atoms with van der Waals surface area (Å²) in [6.07, 6.45) is 1.80. The van der Waals surface area contributed by atoms with Gasteiger partial charge in [0.25, 0.3) is 11.1 Å². The molecule has 190 valence electrons. The Bertz CT molecular complexity index is 1400. The summed E-state index contributed by atoms with van der Waals surface area (Å²) in [6.45, 7) is 5.65. The third kappa shape index (κ3) is 6.72. The van der Waals surface area contributed by atoms with Crippen molar-refractivity contribution in [3.05, 3.63) is 87.3 Å². The first-order valence-electron chi connectivity index (χ1n) is 11.6. The zero-order valence-corrected chi connectivity index (χ0v) is 22.1. The van der Waals surface area contributed by atoms with Crippen molar-refractivity contribution in [3.63, 3.8) is 0 Å². The number of benzene rings is 3. The molecule has 0 aromatic heterocycles. The molecule has 1 heterocycles. The molecule has 0 unspecified atom stereocenters. The van der Waals surface area contributed by atoms with Crippen LogP contribution in [0.2, 0.25) is 5.02 Å². The molecule has 1 aliphatic rings. The number of hydrogen-bond acceptors (Lipinski definition) is 6. The number of aryl methyl sites for hydroxylation is 1. The van der Waals surface area contributed by atoms with Gasteiger partial charge in [-0.2, -0.15) is 0 Å². The first-order valence-corrected chi connectivity index (χ1v) is 12.8. The number of para-hydroxylation sites is 1. The van der Waals surface area contributed by atoms with Crippen molar-refractivity contribution in [1.29, 1.82) is 0 Å². The molecule has 0 atom stereocenters. The van der Waals surface area contributed by atoms with Crippen molar-refractivity contribution in [2.45, 2.75) is 26.7 Å². The maximum absolute atomic E-state index is 12.4. The molecule has 4 rings (SSSR count). The number of thioether (sulfide) groups is 1.